The van der Waals surface area contributed by atoms with E-state index in [1.807, 2.05) is 19.1 Å². The van der Waals surface area contributed by atoms with Gasteiger partial charge in [-0.25, -0.2) is 0 Å². The zero-order valence-electron chi connectivity index (χ0n) is 16.7. The molecule has 3 aromatic rings. The smallest absolute Gasteiger partial charge is 0.266 e. The van der Waals surface area contributed by atoms with Crippen molar-refractivity contribution in [2.75, 3.05) is 0 Å². The van der Waals surface area contributed by atoms with Gasteiger partial charge in [0.2, 0.25) is 0 Å². The van der Waals surface area contributed by atoms with Crippen LogP contribution in [0.4, 0.5) is 0 Å². The molecule has 1 aliphatic heterocycles. The van der Waals surface area contributed by atoms with Crippen LogP contribution in [0.2, 0.25) is 0 Å². The maximum atomic E-state index is 13.0. The molecule has 7 heteroatoms. The predicted molar refractivity (Wildman–Crippen MR) is 113 cm³/mol. The molecule has 4 rings (SSSR count). The van der Waals surface area contributed by atoms with Crippen molar-refractivity contribution >= 4 is 32.7 Å². The minimum absolute atomic E-state index is 0.132. The summed E-state index contributed by atoms with van der Waals surface area (Å²) in [5.74, 6) is -1.58. The van der Waals surface area contributed by atoms with Crippen LogP contribution in [0.3, 0.4) is 0 Å². The first-order chi connectivity index (χ1) is 14.3. The molecule has 0 aliphatic carbocycles. The Labute approximate surface area is 175 Å². The lowest BCUT2D eigenvalue weighted by Gasteiger charge is -2.26. The Morgan fingerprint density at radius 1 is 0.900 bits per heavy atom. The largest absolute Gasteiger partial charge is 0.318 e. The lowest BCUT2D eigenvalue weighted by Crippen LogP contribution is -2.41. The number of hydrogen-bond acceptors (Lipinski definition) is 5. The van der Waals surface area contributed by atoms with Crippen LogP contribution in [-0.2, 0) is 20.8 Å². The molecule has 0 radical (unpaired) electrons. The number of benzene rings is 3. The molecule has 1 heterocycles. The normalized spacial score (nSPS) is 13.9. The molecule has 0 atom stereocenters. The van der Waals surface area contributed by atoms with E-state index in [1.165, 1.54) is 12.1 Å². The van der Waals surface area contributed by atoms with Crippen molar-refractivity contribution in [2.24, 2.45) is 0 Å². The van der Waals surface area contributed by atoms with Gasteiger partial charge in [-0.05, 0) is 55.0 Å². The molecular formula is C23H21NO5S. The lowest BCUT2D eigenvalue weighted by molar-refractivity contribution is -0.0155. The summed E-state index contributed by atoms with van der Waals surface area (Å²) in [5, 5.41) is 1.73. The maximum absolute atomic E-state index is 13.0. The number of hydroxylamine groups is 2. The Morgan fingerprint density at radius 2 is 1.57 bits per heavy atom. The summed E-state index contributed by atoms with van der Waals surface area (Å²) in [6, 6.07) is 14.7. The highest BCUT2D eigenvalue weighted by Gasteiger charge is 2.38. The van der Waals surface area contributed by atoms with Crippen molar-refractivity contribution in [3.05, 3.63) is 76.9 Å². The zero-order valence-corrected chi connectivity index (χ0v) is 17.5. The number of carbonyl (C=O) groups is 2. The third-order valence-electron chi connectivity index (χ3n) is 5.24. The summed E-state index contributed by atoms with van der Waals surface area (Å²) in [4.78, 5) is 25.9. The number of nitrogens with zero attached hydrogens (tertiary/aromatic N) is 1. The van der Waals surface area contributed by atoms with Crippen LogP contribution in [0.5, 0.6) is 0 Å². The van der Waals surface area contributed by atoms with Gasteiger partial charge in [0.25, 0.3) is 11.8 Å². The minimum atomic E-state index is -4.35. The highest BCUT2D eigenvalue weighted by molar-refractivity contribution is 7.86. The van der Waals surface area contributed by atoms with Gasteiger partial charge in [0.1, 0.15) is 0 Å². The molecule has 3 aromatic carbocycles. The molecule has 2 amide bonds. The fourth-order valence-electron chi connectivity index (χ4n) is 3.63. The third-order valence-corrected chi connectivity index (χ3v) is 6.44. The Morgan fingerprint density at radius 3 is 2.23 bits per heavy atom. The molecule has 0 N–H and O–H groups in total. The maximum Gasteiger partial charge on any atom is 0.318 e. The van der Waals surface area contributed by atoms with Crippen molar-refractivity contribution in [3.8, 4) is 0 Å². The summed E-state index contributed by atoms with van der Waals surface area (Å²) in [6.45, 7) is 3.92. The van der Waals surface area contributed by atoms with Gasteiger partial charge in [0, 0.05) is 5.39 Å². The van der Waals surface area contributed by atoms with Crippen LogP contribution in [0.25, 0.3) is 10.8 Å². The second-order valence-electron chi connectivity index (χ2n) is 7.35. The van der Waals surface area contributed by atoms with Gasteiger partial charge < -0.3 is 0 Å². The monoisotopic (exact) mass is 423 g/mol. The molecule has 0 unspecified atom stereocenters. The Kier molecular flexibility index (Phi) is 5.17. The molecule has 0 fully saturated rings. The van der Waals surface area contributed by atoms with Gasteiger partial charge in [-0.2, -0.15) is 8.42 Å². The van der Waals surface area contributed by atoms with E-state index in [0.717, 1.165) is 35.8 Å². The van der Waals surface area contributed by atoms with E-state index in [-0.39, 0.29) is 16.0 Å². The van der Waals surface area contributed by atoms with Gasteiger partial charge in [-0.3, -0.25) is 9.59 Å². The van der Waals surface area contributed by atoms with Crippen LogP contribution in [0.1, 0.15) is 51.6 Å². The quantitative estimate of drug-likeness (QED) is 0.549. The summed E-state index contributed by atoms with van der Waals surface area (Å²) in [6.07, 6.45) is 2.85. The van der Waals surface area contributed by atoms with E-state index < -0.39 is 21.9 Å². The van der Waals surface area contributed by atoms with Crippen molar-refractivity contribution in [2.45, 2.75) is 38.0 Å². The molecule has 6 nitrogen and oxygen atoms in total. The highest BCUT2D eigenvalue weighted by Crippen LogP contribution is 2.33. The Balaban J connectivity index is 1.76. The van der Waals surface area contributed by atoms with Gasteiger partial charge in [-0.15, -0.1) is 9.35 Å². The average Bonchev–Trinajstić information content (AvgIpc) is 2.74. The van der Waals surface area contributed by atoms with Crippen LogP contribution in [-0.4, -0.2) is 25.3 Å². The number of hydrogen-bond donors (Lipinski definition) is 0. The van der Waals surface area contributed by atoms with E-state index in [0.29, 0.717) is 10.4 Å². The van der Waals surface area contributed by atoms with Crippen molar-refractivity contribution in [1.82, 2.24) is 5.06 Å². The van der Waals surface area contributed by atoms with Gasteiger partial charge in [-0.1, -0.05) is 49.2 Å². The molecule has 1 aliphatic rings. The van der Waals surface area contributed by atoms with Gasteiger partial charge in [0.15, 0.2) is 0 Å². The standard InChI is InChI=1S/C23H21NO5S/c1-3-4-6-16-11-14-20-21-18(16)7-5-8-19(21)22(25)24(23(20)26)29-30(27,28)17-12-9-15(2)10-13-17/h5,7-14H,3-4,6H2,1-2H3. The van der Waals surface area contributed by atoms with Crippen molar-refractivity contribution < 1.29 is 22.3 Å². The number of rotatable bonds is 6. The molecule has 0 saturated carbocycles. The van der Waals surface area contributed by atoms with E-state index in [2.05, 4.69) is 6.92 Å². The average molecular weight is 423 g/mol. The summed E-state index contributed by atoms with van der Waals surface area (Å²) >= 11 is 0. The highest BCUT2D eigenvalue weighted by atomic mass is 32.2. The van der Waals surface area contributed by atoms with Gasteiger partial charge in [0.05, 0.1) is 16.0 Å². The fraction of sp³-hybridized carbons (Fsp3) is 0.217. The first-order valence-corrected chi connectivity index (χ1v) is 11.2. The topological polar surface area (TPSA) is 80.8 Å². The molecule has 0 aromatic heterocycles. The molecule has 154 valence electrons. The molecule has 0 spiro atoms. The van der Waals surface area contributed by atoms with E-state index in [9.17, 15) is 18.0 Å². The summed E-state index contributed by atoms with van der Waals surface area (Å²) < 4.78 is 30.3. The SMILES string of the molecule is CCCCc1ccc2c3c(cccc13)C(=O)N(OS(=O)(=O)c1ccc(C)cc1)C2=O. The first kappa shape index (κ1) is 20.3. The second kappa shape index (κ2) is 7.66. The molecule has 0 saturated heterocycles. The number of unbranched alkanes of at least 4 members (excludes halogenated alkanes) is 1. The molecular weight excluding hydrogens is 402 g/mol. The fourth-order valence-corrected chi connectivity index (χ4v) is 4.52. The minimum Gasteiger partial charge on any atom is -0.266 e. The van der Waals surface area contributed by atoms with Crippen LogP contribution in [0, 0.1) is 6.92 Å². The van der Waals surface area contributed by atoms with Gasteiger partial charge >= 0.3 is 10.1 Å². The first-order valence-electron chi connectivity index (χ1n) is 9.78. The second-order valence-corrected chi connectivity index (χ2v) is 8.88. The number of amides is 2. The van der Waals surface area contributed by atoms with Crippen LogP contribution < -0.4 is 0 Å². The van der Waals surface area contributed by atoms with Crippen molar-refractivity contribution in [3.63, 3.8) is 0 Å². The zero-order chi connectivity index (χ0) is 21.5. The van der Waals surface area contributed by atoms with E-state index in [1.54, 1.807) is 30.3 Å². The van der Waals surface area contributed by atoms with E-state index >= 15 is 0 Å². The van der Waals surface area contributed by atoms with Crippen LogP contribution in [0.15, 0.2) is 59.5 Å². The predicted octanol–water partition coefficient (Wildman–Crippen LogP) is 4.41. The Bertz CT molecular complexity index is 1240. The number of aryl methyl sites for hydroxylation is 2. The lowest BCUT2D eigenvalue weighted by atomic mass is 9.90. The number of carbonyl (C=O) groups excluding carboxylic acids is 2. The third kappa shape index (κ3) is 3.40. The van der Waals surface area contributed by atoms with E-state index in [4.69, 9.17) is 4.28 Å². The summed E-state index contributed by atoms with van der Waals surface area (Å²) in [5.41, 5.74) is 2.43. The number of imide groups is 1. The van der Waals surface area contributed by atoms with Crippen LogP contribution >= 0.6 is 0 Å². The summed E-state index contributed by atoms with van der Waals surface area (Å²) in [7, 11) is -4.35. The Hall–Kier alpha value is -3.03. The molecule has 0 bridgehead atoms. The van der Waals surface area contributed by atoms with Crippen molar-refractivity contribution in [1.29, 1.82) is 0 Å². The molecule has 30 heavy (non-hydrogen) atoms.